The first-order valence-electron chi connectivity index (χ1n) is 8.89. The number of carbonyl (C=O) groups is 1. The third kappa shape index (κ3) is 4.60. The molecular formula is C17H27N3O3S2. The van der Waals surface area contributed by atoms with Crippen LogP contribution >= 0.6 is 11.3 Å². The summed E-state index contributed by atoms with van der Waals surface area (Å²) in [6.45, 7) is 5.24. The highest BCUT2D eigenvalue weighted by atomic mass is 32.2. The standard InChI is InChI=1S/C17H27N3O3S2/c1-14-18-12-15(24-14)13-19-8-3-5-17(7-9-19)6-4-16(21)20(17)10-11-25(2,22)23/h12H,3-11,13H2,1-2H3/t17-/m1/s1. The number of sulfone groups is 1. The van der Waals surface area contributed by atoms with Crippen molar-refractivity contribution in [3.05, 3.63) is 16.1 Å². The van der Waals surface area contributed by atoms with Crippen molar-refractivity contribution in [2.75, 3.05) is 31.6 Å². The Morgan fingerprint density at radius 3 is 2.76 bits per heavy atom. The summed E-state index contributed by atoms with van der Waals surface area (Å²) in [4.78, 5) is 22.3. The highest BCUT2D eigenvalue weighted by Gasteiger charge is 2.45. The second-order valence-electron chi connectivity index (χ2n) is 7.37. The highest BCUT2D eigenvalue weighted by Crippen LogP contribution is 2.39. The second-order valence-corrected chi connectivity index (χ2v) is 11.0. The van der Waals surface area contributed by atoms with Gasteiger partial charge in [0.25, 0.3) is 0 Å². The number of carbonyl (C=O) groups excluding carboxylic acids is 1. The van der Waals surface area contributed by atoms with Gasteiger partial charge in [-0.25, -0.2) is 13.4 Å². The molecule has 8 heteroatoms. The Labute approximate surface area is 154 Å². The van der Waals surface area contributed by atoms with Crippen LogP contribution in [0.25, 0.3) is 0 Å². The Balaban J connectivity index is 1.66. The summed E-state index contributed by atoms with van der Waals surface area (Å²) in [5, 5.41) is 1.09. The Morgan fingerprint density at radius 2 is 2.08 bits per heavy atom. The minimum atomic E-state index is -3.06. The normalized spacial score (nSPS) is 25.7. The maximum absolute atomic E-state index is 12.4. The Hall–Kier alpha value is -0.990. The van der Waals surface area contributed by atoms with Gasteiger partial charge in [0.1, 0.15) is 9.84 Å². The van der Waals surface area contributed by atoms with Gasteiger partial charge in [-0.3, -0.25) is 9.69 Å². The van der Waals surface area contributed by atoms with E-state index in [0.29, 0.717) is 13.0 Å². The number of rotatable bonds is 5. The van der Waals surface area contributed by atoms with E-state index < -0.39 is 9.84 Å². The molecule has 0 aromatic carbocycles. The zero-order chi connectivity index (χ0) is 18.1. The number of aromatic nitrogens is 1. The van der Waals surface area contributed by atoms with Crippen LogP contribution in [0.1, 0.15) is 42.0 Å². The molecule has 2 aliphatic heterocycles. The number of hydrogen-bond acceptors (Lipinski definition) is 6. The van der Waals surface area contributed by atoms with E-state index in [9.17, 15) is 13.2 Å². The van der Waals surface area contributed by atoms with Gasteiger partial charge in [0, 0.05) is 48.9 Å². The molecule has 1 aromatic heterocycles. The lowest BCUT2D eigenvalue weighted by Gasteiger charge is -2.38. The van der Waals surface area contributed by atoms with Gasteiger partial charge in [-0.1, -0.05) is 0 Å². The van der Waals surface area contributed by atoms with Crippen LogP contribution in [0.4, 0.5) is 0 Å². The van der Waals surface area contributed by atoms with Crippen LogP contribution in [0.5, 0.6) is 0 Å². The summed E-state index contributed by atoms with van der Waals surface area (Å²) in [5.41, 5.74) is -0.139. The average Bonchev–Trinajstić information content (AvgIpc) is 2.98. The van der Waals surface area contributed by atoms with Gasteiger partial charge in [0.2, 0.25) is 5.91 Å². The summed E-state index contributed by atoms with van der Waals surface area (Å²) in [6.07, 6.45) is 7.56. The SMILES string of the molecule is Cc1ncc(CN2CCC[C@@]3(CCC(=O)N3CCS(C)(=O)=O)CC2)s1. The third-order valence-corrected chi connectivity index (χ3v) is 7.24. The molecule has 0 aliphatic carbocycles. The van der Waals surface area contributed by atoms with Gasteiger partial charge in [0.05, 0.1) is 10.8 Å². The fourth-order valence-electron chi connectivity index (χ4n) is 4.10. The van der Waals surface area contributed by atoms with Crippen LogP contribution in [0, 0.1) is 6.92 Å². The lowest BCUT2D eigenvalue weighted by molar-refractivity contribution is -0.131. The molecule has 2 saturated heterocycles. The molecule has 1 atom stereocenters. The molecule has 3 rings (SSSR count). The molecule has 140 valence electrons. The van der Waals surface area contributed by atoms with Gasteiger partial charge in [0.15, 0.2) is 0 Å². The molecule has 0 radical (unpaired) electrons. The fraction of sp³-hybridized carbons (Fsp3) is 0.765. The summed E-state index contributed by atoms with van der Waals surface area (Å²) >= 11 is 1.74. The van der Waals surface area contributed by atoms with Gasteiger partial charge in [-0.05, 0) is 39.2 Å². The van der Waals surface area contributed by atoms with Crippen LogP contribution in [0.15, 0.2) is 6.20 Å². The first-order valence-corrected chi connectivity index (χ1v) is 11.8. The van der Waals surface area contributed by atoms with Crippen LogP contribution in [0.3, 0.4) is 0 Å². The molecule has 1 spiro atoms. The highest BCUT2D eigenvalue weighted by molar-refractivity contribution is 7.90. The maximum Gasteiger partial charge on any atom is 0.223 e. The quantitative estimate of drug-likeness (QED) is 0.773. The van der Waals surface area contributed by atoms with Crippen molar-refractivity contribution in [2.45, 2.75) is 51.1 Å². The fourth-order valence-corrected chi connectivity index (χ4v) is 5.46. The van der Waals surface area contributed by atoms with Crippen molar-refractivity contribution in [1.29, 1.82) is 0 Å². The number of thiazole rings is 1. The second kappa shape index (κ2) is 7.32. The van der Waals surface area contributed by atoms with E-state index in [1.165, 1.54) is 11.1 Å². The minimum Gasteiger partial charge on any atom is -0.336 e. The molecule has 25 heavy (non-hydrogen) atoms. The third-order valence-electron chi connectivity index (χ3n) is 5.42. The topological polar surface area (TPSA) is 70.6 Å². The van der Waals surface area contributed by atoms with Crippen molar-refractivity contribution < 1.29 is 13.2 Å². The number of hydrogen-bond donors (Lipinski definition) is 0. The van der Waals surface area contributed by atoms with Crippen molar-refractivity contribution in [1.82, 2.24) is 14.8 Å². The van der Waals surface area contributed by atoms with E-state index in [2.05, 4.69) is 9.88 Å². The summed E-state index contributed by atoms with van der Waals surface area (Å²) in [7, 11) is -3.06. The van der Waals surface area contributed by atoms with Gasteiger partial charge in [-0.2, -0.15) is 0 Å². The number of nitrogens with zero attached hydrogens (tertiary/aromatic N) is 3. The van der Waals surface area contributed by atoms with Crippen molar-refractivity contribution in [3.63, 3.8) is 0 Å². The minimum absolute atomic E-state index is 0.0599. The van der Waals surface area contributed by atoms with Crippen molar-refractivity contribution >= 4 is 27.1 Å². The average molecular weight is 386 g/mol. The van der Waals surface area contributed by atoms with Crippen LogP contribution in [0.2, 0.25) is 0 Å². The lowest BCUT2D eigenvalue weighted by Crippen LogP contribution is -2.48. The zero-order valence-electron chi connectivity index (χ0n) is 15.0. The van der Waals surface area contributed by atoms with Crippen LogP contribution in [-0.2, 0) is 21.2 Å². The lowest BCUT2D eigenvalue weighted by atomic mass is 9.88. The molecule has 2 aliphatic rings. The molecule has 1 aromatic rings. The molecule has 0 unspecified atom stereocenters. The van der Waals surface area contributed by atoms with Crippen LogP contribution in [-0.4, -0.2) is 66.3 Å². The van der Waals surface area contributed by atoms with E-state index in [-0.39, 0.29) is 17.2 Å². The Kier molecular flexibility index (Phi) is 5.51. The summed E-state index contributed by atoms with van der Waals surface area (Å²) < 4.78 is 23.1. The zero-order valence-corrected chi connectivity index (χ0v) is 16.7. The molecular weight excluding hydrogens is 358 g/mol. The molecule has 0 saturated carbocycles. The molecule has 2 fully saturated rings. The maximum atomic E-state index is 12.4. The van der Waals surface area contributed by atoms with E-state index >= 15 is 0 Å². The molecule has 0 N–H and O–H groups in total. The van der Waals surface area contributed by atoms with E-state index in [0.717, 1.165) is 50.3 Å². The van der Waals surface area contributed by atoms with Gasteiger partial charge < -0.3 is 4.90 Å². The van der Waals surface area contributed by atoms with Gasteiger partial charge in [-0.15, -0.1) is 11.3 Å². The van der Waals surface area contributed by atoms with E-state index in [1.54, 1.807) is 11.3 Å². The molecule has 3 heterocycles. The smallest absolute Gasteiger partial charge is 0.223 e. The molecule has 0 bridgehead atoms. The number of likely N-dealkylation sites (tertiary alicyclic amines) is 2. The monoisotopic (exact) mass is 385 g/mol. The molecule has 6 nitrogen and oxygen atoms in total. The number of amides is 1. The van der Waals surface area contributed by atoms with Gasteiger partial charge >= 0.3 is 0 Å². The predicted molar refractivity (Wildman–Crippen MR) is 99.4 cm³/mol. The predicted octanol–water partition coefficient (Wildman–Crippen LogP) is 1.84. The van der Waals surface area contributed by atoms with Crippen LogP contribution < -0.4 is 0 Å². The molecule has 1 amide bonds. The van der Waals surface area contributed by atoms with E-state index in [4.69, 9.17) is 0 Å². The van der Waals surface area contributed by atoms with E-state index in [1.807, 2.05) is 18.0 Å². The Bertz CT molecular complexity index is 731. The Morgan fingerprint density at radius 1 is 1.28 bits per heavy atom. The first-order chi connectivity index (χ1) is 11.8. The summed E-state index contributed by atoms with van der Waals surface area (Å²) in [5.74, 6) is 0.180. The first kappa shape index (κ1) is 18.8. The number of aryl methyl sites for hydroxylation is 1. The summed E-state index contributed by atoms with van der Waals surface area (Å²) in [6, 6.07) is 0. The van der Waals surface area contributed by atoms with Crippen molar-refractivity contribution in [3.8, 4) is 0 Å². The largest absolute Gasteiger partial charge is 0.336 e. The van der Waals surface area contributed by atoms with Crippen molar-refractivity contribution in [2.24, 2.45) is 0 Å².